The maximum Gasteiger partial charge on any atom is 1.00 e. The minimum absolute atomic E-state index is 0. The Morgan fingerprint density at radius 1 is 0.840 bits per heavy atom. The Kier molecular flexibility index (Phi) is 31.5. The van der Waals surface area contributed by atoms with Crippen LogP contribution in [0.1, 0.15) is 96.8 Å². The van der Waals surface area contributed by atoms with Gasteiger partial charge >= 0.3 is 29.6 Å². The van der Waals surface area contributed by atoms with Crippen molar-refractivity contribution in [3.8, 4) is 0 Å². The molecular weight excluding hydrogens is 349 g/mol. The summed E-state index contributed by atoms with van der Waals surface area (Å²) >= 11 is 0. The van der Waals surface area contributed by atoms with Crippen molar-refractivity contribution in [2.24, 2.45) is 5.73 Å². The van der Waals surface area contributed by atoms with Gasteiger partial charge in [0, 0.05) is 6.42 Å². The van der Waals surface area contributed by atoms with Gasteiger partial charge in [0.2, 0.25) is 5.91 Å². The van der Waals surface area contributed by atoms with Gasteiger partial charge in [-0.15, -0.1) is 0 Å². The molecule has 0 aliphatic heterocycles. The Bertz CT molecular complexity index is 366. The molecule has 7 heteroatoms. The van der Waals surface area contributed by atoms with Gasteiger partial charge in [0.15, 0.2) is 0 Å². The summed E-state index contributed by atoms with van der Waals surface area (Å²) < 4.78 is 25.4. The summed E-state index contributed by atoms with van der Waals surface area (Å²) in [6, 6.07) is 0. The van der Waals surface area contributed by atoms with E-state index in [9.17, 15) is 4.79 Å². The summed E-state index contributed by atoms with van der Waals surface area (Å²) in [6.45, 7) is 2.26. The zero-order valence-electron chi connectivity index (χ0n) is 16.2. The van der Waals surface area contributed by atoms with Gasteiger partial charge in [-0.3, -0.25) is 4.79 Å². The Labute approximate surface area is 178 Å². The van der Waals surface area contributed by atoms with Gasteiger partial charge in [-0.05, 0) is 32.1 Å². The maximum atomic E-state index is 10.5. The fourth-order valence-corrected chi connectivity index (χ4v) is 2.37. The first kappa shape index (κ1) is 29.9. The molecule has 144 valence electrons. The molecule has 0 rings (SSSR count). The normalized spacial score (nSPS) is 10.4. The van der Waals surface area contributed by atoms with E-state index in [1.54, 1.807) is 0 Å². The van der Waals surface area contributed by atoms with E-state index in [1.165, 1.54) is 70.6 Å². The van der Waals surface area contributed by atoms with E-state index in [1.807, 2.05) is 0 Å². The van der Waals surface area contributed by atoms with Crippen molar-refractivity contribution in [1.29, 1.82) is 0 Å². The van der Waals surface area contributed by atoms with Gasteiger partial charge in [-0.2, -0.15) is 0 Å². The third kappa shape index (κ3) is 40.3. The number of carbonyl (C=O) groups excluding carboxylic acids is 1. The number of nitrogens with two attached hydrogens (primary N) is 1. The summed E-state index contributed by atoms with van der Waals surface area (Å²) in [6.07, 6.45) is 21.9. The van der Waals surface area contributed by atoms with Crippen LogP contribution in [-0.2, 0) is 15.8 Å². The van der Waals surface area contributed by atoms with Crippen molar-refractivity contribution in [3.05, 3.63) is 12.2 Å². The maximum absolute atomic E-state index is 10.5. The standard InChI is InChI=1S/C18H35NO.Na.H2O3S/c1-2-3-4-5-6-7-8-9-10-11-12-13-14-15-16-17-18(19)20;;1-4(2)3/h9-10H,2-8,11-17H2,1H3,(H2,19,20);;4H,(H,1,2,3)/q;+1;/p-1/b10-9-;;. The van der Waals surface area contributed by atoms with E-state index in [4.69, 9.17) is 18.7 Å². The Morgan fingerprint density at radius 3 is 1.60 bits per heavy atom. The molecule has 2 N–H and O–H groups in total. The van der Waals surface area contributed by atoms with Crippen molar-refractivity contribution in [2.45, 2.75) is 96.8 Å². The molecule has 5 nitrogen and oxygen atoms in total. The molecule has 0 radical (unpaired) electrons. The molecule has 0 fully saturated rings. The first-order valence-electron chi connectivity index (χ1n) is 9.25. The number of rotatable bonds is 15. The van der Waals surface area contributed by atoms with E-state index in [0.717, 1.165) is 12.8 Å². The first-order chi connectivity index (χ1) is 11.5. The monoisotopic (exact) mass is 385 g/mol. The number of hydrogen-bond donors (Lipinski definition) is 2. The fraction of sp³-hybridized carbons (Fsp3) is 0.833. The second-order valence-corrected chi connectivity index (χ2v) is 6.47. The summed E-state index contributed by atoms with van der Waals surface area (Å²) in [5.41, 5.74) is 5.10. The molecule has 0 saturated heterocycles. The average Bonchev–Trinajstić information content (AvgIpc) is 2.50. The molecule has 25 heavy (non-hydrogen) atoms. The Morgan fingerprint density at radius 2 is 1.20 bits per heavy atom. The molecule has 0 aromatic heterocycles. The fourth-order valence-electron chi connectivity index (χ4n) is 2.37. The Hall–Kier alpha value is 0.120. The van der Waals surface area contributed by atoms with Crippen molar-refractivity contribution in [3.63, 3.8) is 0 Å². The quantitative estimate of drug-likeness (QED) is 0.146. The van der Waals surface area contributed by atoms with Crippen LogP contribution in [0.3, 0.4) is 0 Å². The van der Waals surface area contributed by atoms with Crippen molar-refractivity contribution in [2.75, 3.05) is 0 Å². The SMILES string of the molecule is CCCCCCCC/C=C\CCCCCCCC(N)=O.O=[SH](=O)[O-].[Na+]. The van der Waals surface area contributed by atoms with E-state index in [2.05, 4.69) is 19.1 Å². The van der Waals surface area contributed by atoms with Crippen LogP contribution in [0.2, 0.25) is 0 Å². The zero-order chi connectivity index (χ0) is 18.5. The number of primary amides is 1. The zero-order valence-corrected chi connectivity index (χ0v) is 19.1. The predicted octanol–water partition coefficient (Wildman–Crippen LogP) is 1.24. The van der Waals surface area contributed by atoms with E-state index < -0.39 is 11.0 Å². The second kappa shape index (κ2) is 26.4. The number of hydrogen-bond acceptors (Lipinski definition) is 4. The summed E-state index contributed by atoms with van der Waals surface area (Å²) in [5.74, 6) is -0.164. The largest absolute Gasteiger partial charge is 1.00 e. The average molecular weight is 386 g/mol. The van der Waals surface area contributed by atoms with E-state index in [0.29, 0.717) is 6.42 Å². The molecule has 0 heterocycles. The molecule has 0 bridgehead atoms. The number of amides is 1. The predicted molar refractivity (Wildman–Crippen MR) is 99.7 cm³/mol. The molecule has 0 aliphatic carbocycles. The van der Waals surface area contributed by atoms with Gasteiger partial charge in [0.1, 0.15) is 0 Å². The van der Waals surface area contributed by atoms with Crippen LogP contribution in [0.5, 0.6) is 0 Å². The van der Waals surface area contributed by atoms with Gasteiger partial charge in [0.05, 0.1) is 11.0 Å². The van der Waals surface area contributed by atoms with Crippen molar-refractivity contribution >= 4 is 16.9 Å². The third-order valence-electron chi connectivity index (χ3n) is 3.68. The number of thiol groups is 1. The van der Waals surface area contributed by atoms with Crippen LogP contribution >= 0.6 is 0 Å². The van der Waals surface area contributed by atoms with Crippen LogP contribution in [0.4, 0.5) is 0 Å². The number of unbranched alkanes of at least 4 members (excludes halogenated alkanes) is 11. The van der Waals surface area contributed by atoms with Crippen LogP contribution in [-0.4, -0.2) is 18.9 Å². The summed E-state index contributed by atoms with van der Waals surface area (Å²) in [7, 11) is -3.37. The van der Waals surface area contributed by atoms with E-state index >= 15 is 0 Å². The second-order valence-electron chi connectivity index (χ2n) is 6.02. The molecule has 0 aromatic rings. The van der Waals surface area contributed by atoms with Crippen LogP contribution < -0.4 is 35.3 Å². The first-order valence-corrected chi connectivity index (χ1v) is 10.3. The van der Waals surface area contributed by atoms with Gasteiger partial charge < -0.3 is 10.3 Å². The molecular formula is C18H36NNaO4S. The number of carbonyl (C=O) groups is 1. The molecule has 1 amide bonds. The molecule has 0 spiro atoms. The minimum atomic E-state index is -3.37. The Balaban J connectivity index is -0.000000867. The van der Waals surface area contributed by atoms with Crippen LogP contribution in [0.15, 0.2) is 12.2 Å². The number of allylic oxidation sites excluding steroid dienone is 2. The summed E-state index contributed by atoms with van der Waals surface area (Å²) in [4.78, 5) is 10.5. The van der Waals surface area contributed by atoms with E-state index in [-0.39, 0.29) is 35.5 Å². The van der Waals surface area contributed by atoms with Gasteiger partial charge in [-0.25, -0.2) is 8.42 Å². The van der Waals surface area contributed by atoms with Crippen molar-refractivity contribution < 1.29 is 47.3 Å². The topological polar surface area (TPSA) is 100 Å². The third-order valence-corrected chi connectivity index (χ3v) is 3.68. The van der Waals surface area contributed by atoms with Gasteiger partial charge in [-0.1, -0.05) is 70.4 Å². The molecule has 0 aromatic carbocycles. The molecule has 0 aliphatic rings. The van der Waals surface area contributed by atoms with Crippen LogP contribution in [0, 0.1) is 0 Å². The summed E-state index contributed by atoms with van der Waals surface area (Å²) in [5, 5.41) is 0. The molecule has 0 atom stereocenters. The molecule has 0 unspecified atom stereocenters. The molecule has 0 saturated carbocycles. The van der Waals surface area contributed by atoms with Gasteiger partial charge in [0.25, 0.3) is 0 Å². The smallest absolute Gasteiger partial charge is 0.750 e. The minimum Gasteiger partial charge on any atom is -0.750 e. The van der Waals surface area contributed by atoms with Crippen LogP contribution in [0.25, 0.3) is 0 Å². The van der Waals surface area contributed by atoms with Crippen molar-refractivity contribution in [1.82, 2.24) is 0 Å².